The molecular formula is C20H20N2O4. The molecule has 2 aromatic carbocycles. The Morgan fingerprint density at radius 3 is 2.15 bits per heavy atom. The van der Waals surface area contributed by atoms with E-state index in [2.05, 4.69) is 5.32 Å². The van der Waals surface area contributed by atoms with Crippen LogP contribution in [0.5, 0.6) is 11.5 Å². The summed E-state index contributed by atoms with van der Waals surface area (Å²) in [6, 6.07) is 12.7. The highest BCUT2D eigenvalue weighted by atomic mass is 16.5. The SMILES string of the molecule is COc1ccc(C2=C(Nc3ccc(C)cc3)C(=O)N(C)C2=O)cc1OC. The topological polar surface area (TPSA) is 67.9 Å². The van der Waals surface area contributed by atoms with Crippen molar-refractivity contribution < 1.29 is 19.1 Å². The Bertz CT molecular complexity index is 901. The van der Waals surface area contributed by atoms with Crippen molar-refractivity contribution in [3.8, 4) is 11.5 Å². The van der Waals surface area contributed by atoms with E-state index in [9.17, 15) is 9.59 Å². The third-order valence-electron chi connectivity index (χ3n) is 4.28. The number of nitrogens with one attached hydrogen (secondary N) is 1. The molecule has 0 spiro atoms. The molecule has 2 aromatic rings. The highest BCUT2D eigenvalue weighted by molar-refractivity contribution is 6.36. The molecule has 1 N–H and O–H groups in total. The molecule has 2 amide bonds. The first-order valence-electron chi connectivity index (χ1n) is 8.09. The number of rotatable bonds is 5. The molecule has 6 nitrogen and oxygen atoms in total. The van der Waals surface area contributed by atoms with Gasteiger partial charge in [-0.3, -0.25) is 14.5 Å². The number of nitrogens with zero attached hydrogens (tertiary/aromatic N) is 1. The van der Waals surface area contributed by atoms with E-state index >= 15 is 0 Å². The number of hydrogen-bond donors (Lipinski definition) is 1. The van der Waals surface area contributed by atoms with E-state index in [0.29, 0.717) is 22.6 Å². The highest BCUT2D eigenvalue weighted by Gasteiger charge is 2.37. The van der Waals surface area contributed by atoms with Gasteiger partial charge in [-0.15, -0.1) is 0 Å². The Labute approximate surface area is 152 Å². The van der Waals surface area contributed by atoms with Gasteiger partial charge >= 0.3 is 0 Å². The number of amides is 2. The highest BCUT2D eigenvalue weighted by Crippen LogP contribution is 2.35. The van der Waals surface area contributed by atoms with Crippen molar-refractivity contribution in [3.63, 3.8) is 0 Å². The lowest BCUT2D eigenvalue weighted by Crippen LogP contribution is -2.27. The second-order valence-electron chi connectivity index (χ2n) is 5.98. The van der Waals surface area contributed by atoms with Gasteiger partial charge in [0, 0.05) is 12.7 Å². The standard InChI is InChI=1S/C20H20N2O4/c1-12-5-8-14(9-6-12)21-18-17(19(23)22(2)20(18)24)13-7-10-15(25-3)16(11-13)26-4/h5-11,21H,1-4H3. The van der Waals surface area contributed by atoms with Crippen molar-refractivity contribution in [1.82, 2.24) is 4.90 Å². The zero-order valence-electron chi connectivity index (χ0n) is 15.1. The molecule has 3 rings (SSSR count). The van der Waals surface area contributed by atoms with Gasteiger partial charge < -0.3 is 14.8 Å². The number of benzene rings is 2. The molecule has 0 aromatic heterocycles. The lowest BCUT2D eigenvalue weighted by Gasteiger charge is -2.11. The van der Waals surface area contributed by atoms with Crippen molar-refractivity contribution in [1.29, 1.82) is 0 Å². The van der Waals surface area contributed by atoms with Crippen LogP contribution in [0.4, 0.5) is 5.69 Å². The fraction of sp³-hybridized carbons (Fsp3) is 0.200. The third-order valence-corrected chi connectivity index (χ3v) is 4.28. The predicted molar refractivity (Wildman–Crippen MR) is 99.0 cm³/mol. The van der Waals surface area contributed by atoms with Crippen molar-refractivity contribution in [2.45, 2.75) is 6.92 Å². The Morgan fingerprint density at radius 1 is 0.885 bits per heavy atom. The van der Waals surface area contributed by atoms with Crippen LogP contribution in [-0.2, 0) is 9.59 Å². The van der Waals surface area contributed by atoms with Gasteiger partial charge in [0.05, 0.1) is 19.8 Å². The van der Waals surface area contributed by atoms with Gasteiger partial charge in [-0.25, -0.2) is 0 Å². The Kier molecular flexibility index (Phi) is 4.67. The molecule has 6 heteroatoms. The number of anilines is 1. The summed E-state index contributed by atoms with van der Waals surface area (Å²) < 4.78 is 10.6. The van der Waals surface area contributed by atoms with Gasteiger partial charge in [0.1, 0.15) is 5.70 Å². The molecule has 1 aliphatic heterocycles. The van der Waals surface area contributed by atoms with Gasteiger partial charge in [-0.1, -0.05) is 23.8 Å². The zero-order valence-corrected chi connectivity index (χ0v) is 15.1. The van der Waals surface area contributed by atoms with Gasteiger partial charge in [0.15, 0.2) is 11.5 Å². The number of carbonyl (C=O) groups is 2. The second kappa shape index (κ2) is 6.92. The number of methoxy groups -OCH3 is 2. The predicted octanol–water partition coefficient (Wildman–Crippen LogP) is 2.83. The lowest BCUT2D eigenvalue weighted by molar-refractivity contribution is -0.135. The number of ether oxygens (including phenoxy) is 2. The Morgan fingerprint density at radius 2 is 1.54 bits per heavy atom. The van der Waals surface area contributed by atoms with Crippen molar-refractivity contribution in [2.24, 2.45) is 0 Å². The number of imide groups is 1. The molecule has 0 radical (unpaired) electrons. The van der Waals surface area contributed by atoms with Crippen molar-refractivity contribution in [2.75, 3.05) is 26.6 Å². The van der Waals surface area contributed by atoms with Gasteiger partial charge in [0.25, 0.3) is 11.8 Å². The third kappa shape index (κ3) is 3.01. The maximum atomic E-state index is 12.7. The van der Waals surface area contributed by atoms with Crippen LogP contribution in [0.15, 0.2) is 48.2 Å². The van der Waals surface area contributed by atoms with Crippen LogP contribution in [0.1, 0.15) is 11.1 Å². The summed E-state index contributed by atoms with van der Waals surface area (Å²) in [5.41, 5.74) is 2.98. The van der Waals surface area contributed by atoms with Crippen LogP contribution >= 0.6 is 0 Å². The summed E-state index contributed by atoms with van der Waals surface area (Å²) >= 11 is 0. The number of carbonyl (C=O) groups excluding carboxylic acids is 2. The van der Waals surface area contributed by atoms with Crippen LogP contribution in [0, 0.1) is 6.92 Å². The molecule has 1 aliphatic rings. The quantitative estimate of drug-likeness (QED) is 0.838. The molecule has 0 aliphatic carbocycles. The van der Waals surface area contributed by atoms with Gasteiger partial charge in [-0.2, -0.15) is 0 Å². The molecule has 0 bridgehead atoms. The molecule has 134 valence electrons. The molecule has 0 atom stereocenters. The summed E-state index contributed by atoms with van der Waals surface area (Å²) in [4.78, 5) is 26.3. The van der Waals surface area contributed by atoms with E-state index < -0.39 is 0 Å². The molecule has 26 heavy (non-hydrogen) atoms. The smallest absolute Gasteiger partial charge is 0.277 e. The van der Waals surface area contributed by atoms with Gasteiger partial charge in [0.2, 0.25) is 0 Å². The minimum absolute atomic E-state index is 0.244. The normalized spacial score (nSPS) is 14.1. The van der Waals surface area contributed by atoms with E-state index in [1.165, 1.54) is 14.2 Å². The molecule has 0 saturated carbocycles. The van der Waals surface area contributed by atoms with E-state index in [-0.39, 0.29) is 17.5 Å². The van der Waals surface area contributed by atoms with Crippen molar-refractivity contribution in [3.05, 3.63) is 59.3 Å². The molecule has 0 fully saturated rings. The summed E-state index contributed by atoms with van der Waals surface area (Å²) in [6.07, 6.45) is 0. The average Bonchev–Trinajstić information content (AvgIpc) is 2.87. The van der Waals surface area contributed by atoms with E-state index in [1.54, 1.807) is 25.3 Å². The maximum Gasteiger partial charge on any atom is 0.277 e. The monoisotopic (exact) mass is 352 g/mol. The van der Waals surface area contributed by atoms with Crippen LogP contribution < -0.4 is 14.8 Å². The summed E-state index contributed by atoms with van der Waals surface area (Å²) in [5.74, 6) is 0.300. The second-order valence-corrected chi connectivity index (χ2v) is 5.98. The van der Waals surface area contributed by atoms with Crippen LogP contribution in [0.2, 0.25) is 0 Å². The number of hydrogen-bond acceptors (Lipinski definition) is 5. The summed E-state index contributed by atoms with van der Waals surface area (Å²) in [5, 5.41) is 3.09. The minimum Gasteiger partial charge on any atom is -0.493 e. The van der Waals surface area contributed by atoms with Gasteiger partial charge in [-0.05, 0) is 36.8 Å². The molecule has 1 heterocycles. The first-order chi connectivity index (χ1) is 12.5. The van der Waals surface area contributed by atoms with Crippen molar-refractivity contribution >= 4 is 23.1 Å². The van der Waals surface area contributed by atoms with E-state index in [0.717, 1.165) is 16.2 Å². The Hall–Kier alpha value is -3.28. The number of likely N-dealkylation sites (N-methyl/N-ethyl adjacent to an activating group) is 1. The fourth-order valence-corrected chi connectivity index (χ4v) is 2.80. The maximum absolute atomic E-state index is 12.7. The van der Waals surface area contributed by atoms with Crippen LogP contribution in [0.25, 0.3) is 5.57 Å². The first-order valence-corrected chi connectivity index (χ1v) is 8.09. The summed E-state index contributed by atoms with van der Waals surface area (Å²) in [6.45, 7) is 1.98. The zero-order chi connectivity index (χ0) is 18.8. The average molecular weight is 352 g/mol. The molecule has 0 saturated heterocycles. The van der Waals surface area contributed by atoms with E-state index in [4.69, 9.17) is 9.47 Å². The lowest BCUT2D eigenvalue weighted by atomic mass is 10.0. The van der Waals surface area contributed by atoms with E-state index in [1.807, 2.05) is 31.2 Å². The molecule has 0 unspecified atom stereocenters. The fourth-order valence-electron chi connectivity index (χ4n) is 2.80. The summed E-state index contributed by atoms with van der Waals surface area (Å²) in [7, 11) is 4.53. The minimum atomic E-state index is -0.375. The molecular weight excluding hydrogens is 332 g/mol. The first kappa shape index (κ1) is 17.5. The Balaban J connectivity index is 2.09. The number of aryl methyl sites for hydroxylation is 1. The largest absolute Gasteiger partial charge is 0.493 e. The van der Waals surface area contributed by atoms with Crippen LogP contribution in [0.3, 0.4) is 0 Å². The van der Waals surface area contributed by atoms with Crippen LogP contribution in [-0.4, -0.2) is 38.0 Å².